The van der Waals surface area contributed by atoms with E-state index in [2.05, 4.69) is 25.9 Å². The Labute approximate surface area is 160 Å². The van der Waals surface area contributed by atoms with Crippen molar-refractivity contribution in [3.8, 4) is 0 Å². The SMILES string of the molecule is Cc1cc(C)c(NC(=O)c2nnn(CC(=O)Nc3nccs3)c2C)c(C)c1. The number of aryl methyl sites for hydroxylation is 3. The maximum atomic E-state index is 12.6. The molecule has 0 saturated carbocycles. The second kappa shape index (κ2) is 7.67. The summed E-state index contributed by atoms with van der Waals surface area (Å²) in [6.07, 6.45) is 1.61. The molecule has 2 amide bonds. The van der Waals surface area contributed by atoms with Crippen LogP contribution in [-0.2, 0) is 11.3 Å². The van der Waals surface area contributed by atoms with Gasteiger partial charge in [0.05, 0.1) is 5.69 Å². The molecule has 0 fully saturated rings. The Kier molecular flexibility index (Phi) is 5.31. The molecule has 0 radical (unpaired) electrons. The average molecular weight is 384 g/mol. The average Bonchev–Trinajstić information content (AvgIpc) is 3.21. The molecule has 0 unspecified atom stereocenters. The molecule has 0 aliphatic carbocycles. The first kappa shape index (κ1) is 18.7. The van der Waals surface area contributed by atoms with E-state index in [-0.39, 0.29) is 24.1 Å². The van der Waals surface area contributed by atoms with Gasteiger partial charge in [0.2, 0.25) is 5.91 Å². The van der Waals surface area contributed by atoms with Gasteiger partial charge >= 0.3 is 0 Å². The molecule has 0 aliphatic rings. The van der Waals surface area contributed by atoms with Crippen LogP contribution in [-0.4, -0.2) is 31.8 Å². The van der Waals surface area contributed by atoms with Crippen molar-refractivity contribution in [3.05, 3.63) is 51.8 Å². The van der Waals surface area contributed by atoms with Crippen molar-refractivity contribution in [2.45, 2.75) is 34.2 Å². The van der Waals surface area contributed by atoms with E-state index in [0.717, 1.165) is 22.4 Å². The van der Waals surface area contributed by atoms with Crippen molar-refractivity contribution in [1.29, 1.82) is 0 Å². The van der Waals surface area contributed by atoms with Crippen molar-refractivity contribution in [1.82, 2.24) is 20.0 Å². The Morgan fingerprint density at radius 3 is 2.44 bits per heavy atom. The van der Waals surface area contributed by atoms with Crippen molar-refractivity contribution in [2.75, 3.05) is 10.6 Å². The molecule has 1 aromatic carbocycles. The van der Waals surface area contributed by atoms with Crippen LogP contribution in [0.2, 0.25) is 0 Å². The van der Waals surface area contributed by atoms with Crippen LogP contribution in [0.3, 0.4) is 0 Å². The highest BCUT2D eigenvalue weighted by Gasteiger charge is 2.19. The van der Waals surface area contributed by atoms with Crippen LogP contribution < -0.4 is 10.6 Å². The number of amides is 2. The van der Waals surface area contributed by atoms with Crippen LogP contribution >= 0.6 is 11.3 Å². The number of nitrogens with zero attached hydrogens (tertiary/aromatic N) is 4. The molecule has 140 valence electrons. The number of carbonyl (C=O) groups excluding carboxylic acids is 2. The Morgan fingerprint density at radius 1 is 1.11 bits per heavy atom. The lowest BCUT2D eigenvalue weighted by Gasteiger charge is -2.12. The quantitative estimate of drug-likeness (QED) is 0.704. The molecule has 2 heterocycles. The Bertz CT molecular complexity index is 970. The maximum absolute atomic E-state index is 12.6. The predicted molar refractivity (Wildman–Crippen MR) is 104 cm³/mol. The fraction of sp³-hybridized carbons (Fsp3) is 0.278. The molecule has 2 N–H and O–H groups in total. The second-order valence-corrected chi connectivity index (χ2v) is 7.19. The van der Waals surface area contributed by atoms with Gasteiger partial charge in [0.15, 0.2) is 10.8 Å². The number of nitrogens with one attached hydrogen (secondary N) is 2. The van der Waals surface area contributed by atoms with E-state index in [0.29, 0.717) is 10.8 Å². The summed E-state index contributed by atoms with van der Waals surface area (Å²) in [5.74, 6) is -0.635. The monoisotopic (exact) mass is 384 g/mol. The highest BCUT2D eigenvalue weighted by atomic mass is 32.1. The summed E-state index contributed by atoms with van der Waals surface area (Å²) in [4.78, 5) is 28.7. The summed E-state index contributed by atoms with van der Waals surface area (Å²) in [7, 11) is 0. The third-order valence-electron chi connectivity index (χ3n) is 4.09. The summed E-state index contributed by atoms with van der Waals surface area (Å²) < 4.78 is 1.40. The fourth-order valence-corrected chi connectivity index (χ4v) is 3.40. The number of hydrogen-bond donors (Lipinski definition) is 2. The first-order valence-corrected chi connectivity index (χ1v) is 9.21. The third kappa shape index (κ3) is 4.20. The number of rotatable bonds is 5. The summed E-state index contributed by atoms with van der Waals surface area (Å²) in [5, 5.41) is 15.7. The molecule has 2 aromatic heterocycles. The van der Waals surface area contributed by atoms with E-state index in [1.54, 1.807) is 18.5 Å². The van der Waals surface area contributed by atoms with Crippen LogP contribution in [0.1, 0.15) is 32.9 Å². The molecule has 9 heteroatoms. The van der Waals surface area contributed by atoms with E-state index >= 15 is 0 Å². The zero-order valence-corrected chi connectivity index (χ0v) is 16.3. The van der Waals surface area contributed by atoms with Crippen LogP contribution in [0, 0.1) is 27.7 Å². The molecule has 0 saturated heterocycles. The normalized spacial score (nSPS) is 10.7. The van der Waals surface area contributed by atoms with Crippen molar-refractivity contribution in [2.24, 2.45) is 0 Å². The lowest BCUT2D eigenvalue weighted by molar-refractivity contribution is -0.117. The summed E-state index contributed by atoms with van der Waals surface area (Å²) >= 11 is 1.33. The van der Waals surface area contributed by atoms with E-state index in [1.807, 2.05) is 32.9 Å². The maximum Gasteiger partial charge on any atom is 0.278 e. The molecule has 3 rings (SSSR count). The van der Waals surface area contributed by atoms with Gasteiger partial charge < -0.3 is 10.6 Å². The first-order chi connectivity index (χ1) is 12.8. The number of carbonyl (C=O) groups is 2. The largest absolute Gasteiger partial charge is 0.320 e. The van der Waals surface area contributed by atoms with E-state index in [9.17, 15) is 9.59 Å². The molecule has 0 aliphatic heterocycles. The molecule has 8 nitrogen and oxygen atoms in total. The van der Waals surface area contributed by atoms with E-state index in [4.69, 9.17) is 0 Å². The van der Waals surface area contributed by atoms with Gasteiger partial charge in [-0.2, -0.15) is 0 Å². The van der Waals surface area contributed by atoms with Crippen LogP contribution in [0.4, 0.5) is 10.8 Å². The minimum absolute atomic E-state index is 0.0473. The minimum atomic E-state index is -0.353. The molecule has 0 atom stereocenters. The standard InChI is InChI=1S/C18H20N6O2S/c1-10-7-11(2)15(12(3)8-10)21-17(26)16-13(4)24(23-22-16)9-14(25)20-18-19-5-6-27-18/h5-8H,9H2,1-4H3,(H,21,26)(H,19,20,25). The number of hydrogen-bond acceptors (Lipinski definition) is 6. The molecular weight excluding hydrogens is 364 g/mol. The smallest absolute Gasteiger partial charge is 0.278 e. The lowest BCUT2D eigenvalue weighted by atomic mass is 10.0. The zero-order valence-electron chi connectivity index (χ0n) is 15.5. The van der Waals surface area contributed by atoms with Crippen molar-refractivity contribution in [3.63, 3.8) is 0 Å². The van der Waals surface area contributed by atoms with Gasteiger partial charge in [-0.25, -0.2) is 9.67 Å². The highest BCUT2D eigenvalue weighted by Crippen LogP contribution is 2.22. The van der Waals surface area contributed by atoms with Crippen LogP contribution in [0.15, 0.2) is 23.7 Å². The number of benzene rings is 1. The predicted octanol–water partition coefficient (Wildman–Crippen LogP) is 2.86. The van der Waals surface area contributed by atoms with Gasteiger partial charge in [-0.15, -0.1) is 16.4 Å². The highest BCUT2D eigenvalue weighted by molar-refractivity contribution is 7.13. The van der Waals surface area contributed by atoms with Crippen molar-refractivity contribution < 1.29 is 9.59 Å². The van der Waals surface area contributed by atoms with E-state index in [1.165, 1.54) is 16.0 Å². The van der Waals surface area contributed by atoms with Crippen LogP contribution in [0.5, 0.6) is 0 Å². The van der Waals surface area contributed by atoms with Gasteiger partial charge in [0.1, 0.15) is 6.54 Å². The summed E-state index contributed by atoms with van der Waals surface area (Å²) in [6, 6.07) is 4.02. The van der Waals surface area contributed by atoms with Gasteiger partial charge in [-0.05, 0) is 38.8 Å². The van der Waals surface area contributed by atoms with E-state index < -0.39 is 0 Å². The Morgan fingerprint density at radius 2 is 1.81 bits per heavy atom. The number of thiazole rings is 1. The Balaban J connectivity index is 1.73. The fourth-order valence-electron chi connectivity index (χ4n) is 2.85. The van der Waals surface area contributed by atoms with Gasteiger partial charge in [0.25, 0.3) is 5.91 Å². The zero-order chi connectivity index (χ0) is 19.6. The Hall–Kier alpha value is -3.07. The minimum Gasteiger partial charge on any atom is -0.320 e. The molecule has 0 bridgehead atoms. The van der Waals surface area contributed by atoms with Gasteiger partial charge in [-0.3, -0.25) is 9.59 Å². The summed E-state index contributed by atoms with van der Waals surface area (Å²) in [6.45, 7) is 7.57. The summed E-state index contributed by atoms with van der Waals surface area (Å²) in [5.41, 5.74) is 4.57. The lowest BCUT2D eigenvalue weighted by Crippen LogP contribution is -2.21. The molecule has 27 heavy (non-hydrogen) atoms. The molecule has 0 spiro atoms. The number of aromatic nitrogens is 4. The van der Waals surface area contributed by atoms with Crippen LogP contribution in [0.25, 0.3) is 0 Å². The van der Waals surface area contributed by atoms with Gasteiger partial charge in [-0.1, -0.05) is 22.9 Å². The third-order valence-corrected chi connectivity index (χ3v) is 4.77. The molecular formula is C18H20N6O2S. The molecule has 3 aromatic rings. The number of anilines is 2. The van der Waals surface area contributed by atoms with Crippen molar-refractivity contribution >= 4 is 34.0 Å². The second-order valence-electron chi connectivity index (χ2n) is 6.29. The van der Waals surface area contributed by atoms with Gasteiger partial charge in [0, 0.05) is 17.3 Å². The topological polar surface area (TPSA) is 102 Å². The first-order valence-electron chi connectivity index (χ1n) is 8.33.